The molecular weight excluding hydrogens is 272 g/mol. The maximum absolute atomic E-state index is 10.7. The second-order valence-corrected chi connectivity index (χ2v) is 3.76. The fourth-order valence-electron chi connectivity index (χ4n) is 1.30. The molecule has 0 saturated carbocycles. The van der Waals surface area contributed by atoms with Crippen LogP contribution in [-0.4, -0.2) is 33.1 Å². The maximum atomic E-state index is 10.7. The molecule has 0 spiro atoms. The van der Waals surface area contributed by atoms with Gasteiger partial charge in [-0.1, -0.05) is 0 Å². The van der Waals surface area contributed by atoms with Gasteiger partial charge in [0.05, 0.1) is 12.7 Å². The topological polar surface area (TPSA) is 97.2 Å². The molecule has 2 aromatic rings. The number of hydrogen-bond donors (Lipinski definition) is 2. The molecule has 19 heavy (non-hydrogen) atoms. The van der Waals surface area contributed by atoms with Crippen molar-refractivity contribution < 1.29 is 14.6 Å². The number of rotatable bonds is 4. The maximum Gasteiger partial charge on any atom is 0.335 e. The molecule has 98 valence electrons. The lowest BCUT2D eigenvalue weighted by atomic mass is 10.2. The van der Waals surface area contributed by atoms with E-state index in [4.69, 9.17) is 21.4 Å². The van der Waals surface area contributed by atoms with Crippen LogP contribution in [0.25, 0.3) is 0 Å². The first-order chi connectivity index (χ1) is 9.08. The Hall–Kier alpha value is -2.41. The van der Waals surface area contributed by atoms with Crippen molar-refractivity contribution >= 4 is 29.2 Å². The molecule has 0 atom stereocenters. The summed E-state index contributed by atoms with van der Waals surface area (Å²) in [5, 5.41) is 11.6. The Bertz CT molecular complexity index is 603. The van der Waals surface area contributed by atoms with Crippen LogP contribution in [0, 0.1) is 0 Å². The Morgan fingerprint density at radius 2 is 1.95 bits per heavy atom. The number of methoxy groups -OCH3 is 1. The number of hydrogen-bond acceptors (Lipinski definition) is 6. The van der Waals surface area contributed by atoms with Crippen molar-refractivity contribution in [3.8, 4) is 6.01 Å². The first-order valence-electron chi connectivity index (χ1n) is 5.14. The molecule has 1 heterocycles. The quantitative estimate of drug-likeness (QED) is 0.883. The number of carbonyl (C=O) groups is 1. The molecule has 0 saturated heterocycles. The van der Waals surface area contributed by atoms with Crippen molar-refractivity contribution in [3.05, 3.63) is 35.1 Å². The summed E-state index contributed by atoms with van der Waals surface area (Å²) < 4.78 is 4.86. The van der Waals surface area contributed by atoms with E-state index < -0.39 is 5.97 Å². The van der Waals surface area contributed by atoms with Crippen molar-refractivity contribution in [2.24, 2.45) is 0 Å². The Morgan fingerprint density at radius 3 is 2.53 bits per heavy atom. The Kier molecular flexibility index (Phi) is 3.76. The lowest BCUT2D eigenvalue weighted by Gasteiger charge is -2.06. The predicted molar refractivity (Wildman–Crippen MR) is 68.1 cm³/mol. The second-order valence-electron chi connectivity index (χ2n) is 3.42. The highest BCUT2D eigenvalue weighted by Gasteiger charge is 2.06. The van der Waals surface area contributed by atoms with E-state index in [-0.39, 0.29) is 22.8 Å². The third kappa shape index (κ3) is 3.29. The van der Waals surface area contributed by atoms with E-state index >= 15 is 0 Å². The van der Waals surface area contributed by atoms with Crippen LogP contribution in [0.1, 0.15) is 10.4 Å². The van der Waals surface area contributed by atoms with Crippen LogP contribution in [0.4, 0.5) is 11.6 Å². The van der Waals surface area contributed by atoms with E-state index in [0.717, 1.165) is 0 Å². The first-order valence-corrected chi connectivity index (χ1v) is 5.52. The summed E-state index contributed by atoms with van der Waals surface area (Å²) in [6.45, 7) is 0. The number of halogens is 1. The monoisotopic (exact) mass is 280 g/mol. The second kappa shape index (κ2) is 5.49. The molecular formula is C11H9ClN4O3. The lowest BCUT2D eigenvalue weighted by Crippen LogP contribution is -2.02. The van der Waals surface area contributed by atoms with E-state index in [0.29, 0.717) is 5.69 Å². The molecule has 0 unspecified atom stereocenters. The average Bonchev–Trinajstić information content (AvgIpc) is 2.38. The van der Waals surface area contributed by atoms with Gasteiger partial charge in [-0.15, -0.1) is 0 Å². The minimum Gasteiger partial charge on any atom is -0.478 e. The Morgan fingerprint density at radius 1 is 1.26 bits per heavy atom. The molecule has 1 aromatic carbocycles. The molecule has 1 aromatic heterocycles. The summed E-state index contributed by atoms with van der Waals surface area (Å²) in [5.74, 6) is -0.781. The molecule has 2 rings (SSSR count). The van der Waals surface area contributed by atoms with E-state index in [1.165, 1.54) is 19.2 Å². The van der Waals surface area contributed by atoms with Gasteiger partial charge in [0.1, 0.15) is 0 Å². The summed E-state index contributed by atoms with van der Waals surface area (Å²) in [6, 6.07) is 6.20. The minimum atomic E-state index is -0.989. The number of benzene rings is 1. The van der Waals surface area contributed by atoms with E-state index in [1.807, 2.05) is 0 Å². The van der Waals surface area contributed by atoms with Crippen molar-refractivity contribution in [1.29, 1.82) is 0 Å². The summed E-state index contributed by atoms with van der Waals surface area (Å²) in [7, 11) is 1.41. The van der Waals surface area contributed by atoms with E-state index in [1.54, 1.807) is 12.1 Å². The number of aromatic carboxylic acids is 1. The zero-order valence-electron chi connectivity index (χ0n) is 9.79. The summed E-state index contributed by atoms with van der Waals surface area (Å²) in [4.78, 5) is 22.3. The molecule has 7 nitrogen and oxygen atoms in total. The third-order valence-electron chi connectivity index (χ3n) is 2.16. The van der Waals surface area contributed by atoms with Gasteiger partial charge in [-0.05, 0) is 35.9 Å². The smallest absolute Gasteiger partial charge is 0.335 e. The zero-order chi connectivity index (χ0) is 13.8. The predicted octanol–water partition coefficient (Wildman–Crippen LogP) is 1.98. The fraction of sp³-hybridized carbons (Fsp3) is 0.0909. The SMILES string of the molecule is COc1nc(Cl)nc(Nc2ccc(C(=O)O)cc2)n1. The largest absolute Gasteiger partial charge is 0.478 e. The highest BCUT2D eigenvalue weighted by molar-refractivity contribution is 6.28. The molecule has 0 amide bonds. The molecule has 0 aliphatic heterocycles. The number of aromatic nitrogens is 3. The average molecular weight is 281 g/mol. The number of nitrogens with zero attached hydrogens (tertiary/aromatic N) is 3. The van der Waals surface area contributed by atoms with Crippen LogP contribution >= 0.6 is 11.6 Å². The van der Waals surface area contributed by atoms with Gasteiger partial charge in [-0.25, -0.2) is 4.79 Å². The Labute approximate surface area is 113 Å². The standard InChI is InChI=1S/C11H9ClN4O3/c1-19-11-15-9(12)14-10(16-11)13-7-4-2-6(3-5-7)8(17)18/h2-5H,1H3,(H,17,18)(H,13,14,15,16). The van der Waals surface area contributed by atoms with E-state index in [2.05, 4.69) is 20.3 Å². The fourth-order valence-corrected chi connectivity index (χ4v) is 1.46. The van der Waals surface area contributed by atoms with Gasteiger partial charge in [-0.3, -0.25) is 0 Å². The van der Waals surface area contributed by atoms with Crippen molar-refractivity contribution in [1.82, 2.24) is 15.0 Å². The van der Waals surface area contributed by atoms with Gasteiger partial charge in [-0.2, -0.15) is 15.0 Å². The highest BCUT2D eigenvalue weighted by Crippen LogP contribution is 2.17. The van der Waals surface area contributed by atoms with Crippen LogP contribution < -0.4 is 10.1 Å². The van der Waals surface area contributed by atoms with Crippen molar-refractivity contribution in [2.75, 3.05) is 12.4 Å². The number of nitrogens with one attached hydrogen (secondary N) is 1. The number of ether oxygens (including phenoxy) is 1. The highest BCUT2D eigenvalue weighted by atomic mass is 35.5. The van der Waals surface area contributed by atoms with Crippen molar-refractivity contribution in [3.63, 3.8) is 0 Å². The number of anilines is 2. The molecule has 0 aliphatic rings. The van der Waals surface area contributed by atoms with Gasteiger partial charge < -0.3 is 15.2 Å². The summed E-state index contributed by atoms with van der Waals surface area (Å²) >= 11 is 5.70. The molecule has 0 radical (unpaired) electrons. The van der Waals surface area contributed by atoms with Gasteiger partial charge in [0, 0.05) is 5.69 Å². The minimum absolute atomic E-state index is 0.00324. The Balaban J connectivity index is 2.21. The third-order valence-corrected chi connectivity index (χ3v) is 2.33. The van der Waals surface area contributed by atoms with Gasteiger partial charge in [0.2, 0.25) is 11.2 Å². The molecule has 0 fully saturated rings. The summed E-state index contributed by atoms with van der Waals surface area (Å²) in [6.07, 6.45) is 0. The van der Waals surface area contributed by atoms with Gasteiger partial charge in [0.25, 0.3) is 0 Å². The molecule has 2 N–H and O–H groups in total. The van der Waals surface area contributed by atoms with Crippen LogP contribution in [0.15, 0.2) is 24.3 Å². The summed E-state index contributed by atoms with van der Waals surface area (Å²) in [5.41, 5.74) is 0.811. The number of carboxylic acid groups (broad SMARTS) is 1. The van der Waals surface area contributed by atoms with Gasteiger partial charge >= 0.3 is 12.0 Å². The van der Waals surface area contributed by atoms with Gasteiger partial charge in [0.15, 0.2) is 0 Å². The zero-order valence-corrected chi connectivity index (χ0v) is 10.5. The van der Waals surface area contributed by atoms with Crippen LogP contribution in [0.5, 0.6) is 6.01 Å². The normalized spacial score (nSPS) is 10.0. The molecule has 0 aliphatic carbocycles. The molecule has 8 heteroatoms. The molecule has 0 bridgehead atoms. The lowest BCUT2D eigenvalue weighted by molar-refractivity contribution is 0.0697. The van der Waals surface area contributed by atoms with Crippen LogP contribution in [0.3, 0.4) is 0 Å². The number of carboxylic acids is 1. The van der Waals surface area contributed by atoms with Crippen molar-refractivity contribution in [2.45, 2.75) is 0 Å². The van der Waals surface area contributed by atoms with Crippen LogP contribution in [0.2, 0.25) is 5.28 Å². The van der Waals surface area contributed by atoms with Crippen LogP contribution in [-0.2, 0) is 0 Å². The van der Waals surface area contributed by atoms with E-state index in [9.17, 15) is 4.79 Å². The first kappa shape index (κ1) is 13.0.